The molecule has 1 N–H and O–H groups in total. The van der Waals surface area contributed by atoms with E-state index in [0.717, 1.165) is 5.56 Å². The van der Waals surface area contributed by atoms with Gasteiger partial charge in [0.2, 0.25) is 12.7 Å². The fourth-order valence-electron chi connectivity index (χ4n) is 4.14. The highest BCUT2D eigenvalue weighted by atomic mass is 35.5. The first kappa shape index (κ1) is 23.9. The second-order valence-corrected chi connectivity index (χ2v) is 9.05. The van der Waals surface area contributed by atoms with Crippen molar-refractivity contribution in [2.24, 2.45) is 0 Å². The zero-order chi connectivity index (χ0) is 25.2. The number of carbonyl (C=O) groups excluding carboxylic acids is 2. The van der Waals surface area contributed by atoms with Gasteiger partial charge in [-0.15, -0.1) is 0 Å². The van der Waals surface area contributed by atoms with E-state index in [1.54, 1.807) is 60.5 Å². The maximum atomic E-state index is 13.6. The van der Waals surface area contributed by atoms with E-state index in [1.807, 2.05) is 18.2 Å². The van der Waals surface area contributed by atoms with Crippen LogP contribution in [0.15, 0.2) is 66.7 Å². The monoisotopic (exact) mass is 523 g/mol. The van der Waals surface area contributed by atoms with E-state index >= 15 is 0 Å². The fraction of sp³-hybridized carbons (Fsp3) is 0.192. The van der Waals surface area contributed by atoms with Gasteiger partial charge in [-0.25, -0.2) is 0 Å². The summed E-state index contributed by atoms with van der Waals surface area (Å²) < 4.78 is 16.1. The Kier molecular flexibility index (Phi) is 6.67. The van der Waals surface area contributed by atoms with Gasteiger partial charge >= 0.3 is 0 Å². The molecule has 0 aliphatic carbocycles. The number of nitrogens with zero attached hydrogens (tertiary/aromatic N) is 2. The van der Waals surface area contributed by atoms with Gasteiger partial charge in [0.05, 0.1) is 19.2 Å². The zero-order valence-corrected chi connectivity index (χ0v) is 20.8. The smallest absolute Gasteiger partial charge is 0.256 e. The molecular weight excluding hydrogens is 502 g/mol. The van der Waals surface area contributed by atoms with Crippen molar-refractivity contribution in [3.05, 3.63) is 77.3 Å². The number of halogens is 1. The fourth-order valence-corrected chi connectivity index (χ4v) is 4.65. The maximum absolute atomic E-state index is 13.6. The third-order valence-corrected chi connectivity index (χ3v) is 6.61. The highest BCUT2D eigenvalue weighted by Crippen LogP contribution is 2.35. The first-order chi connectivity index (χ1) is 17.4. The van der Waals surface area contributed by atoms with Gasteiger partial charge in [0.15, 0.2) is 16.6 Å². The van der Waals surface area contributed by atoms with E-state index in [0.29, 0.717) is 45.3 Å². The average Bonchev–Trinajstić information content (AvgIpc) is 3.43. The molecule has 1 saturated heterocycles. The summed E-state index contributed by atoms with van der Waals surface area (Å²) in [7, 11) is 1.57. The molecule has 2 heterocycles. The third kappa shape index (κ3) is 4.80. The van der Waals surface area contributed by atoms with Gasteiger partial charge in [0.1, 0.15) is 11.8 Å². The number of nitrogens with one attached hydrogen (secondary N) is 1. The third-order valence-electron chi connectivity index (χ3n) is 5.95. The predicted octanol–water partition coefficient (Wildman–Crippen LogP) is 4.61. The number of thiocarbonyl (C=S) groups is 1. The summed E-state index contributed by atoms with van der Waals surface area (Å²) in [6.07, 6.45) is -0.0845. The molecule has 1 fully saturated rings. The van der Waals surface area contributed by atoms with Crippen molar-refractivity contribution in [1.82, 2.24) is 4.90 Å². The van der Waals surface area contributed by atoms with Gasteiger partial charge in [-0.2, -0.15) is 0 Å². The van der Waals surface area contributed by atoms with E-state index in [4.69, 9.17) is 38.0 Å². The van der Waals surface area contributed by atoms with E-state index in [2.05, 4.69) is 5.32 Å². The summed E-state index contributed by atoms with van der Waals surface area (Å²) >= 11 is 11.7. The first-order valence-electron chi connectivity index (χ1n) is 11.2. The number of methoxy groups -OCH3 is 1. The van der Waals surface area contributed by atoms with Crippen LogP contribution >= 0.6 is 23.8 Å². The molecule has 0 unspecified atom stereocenters. The van der Waals surface area contributed by atoms with Crippen LogP contribution in [0.25, 0.3) is 0 Å². The molecule has 8 nitrogen and oxygen atoms in total. The molecule has 2 amide bonds. The quantitative estimate of drug-likeness (QED) is 0.453. The van der Waals surface area contributed by atoms with Crippen LogP contribution in [0.4, 0.5) is 11.4 Å². The minimum atomic E-state index is -0.794. The number of fused-ring (bicyclic) bond motifs is 1. The largest absolute Gasteiger partial charge is 0.497 e. The number of rotatable bonds is 7. The van der Waals surface area contributed by atoms with Gasteiger partial charge in [-0.05, 0) is 78.4 Å². The summed E-state index contributed by atoms with van der Waals surface area (Å²) in [4.78, 5) is 29.8. The molecule has 2 aliphatic rings. The second kappa shape index (κ2) is 10.0. The number of hydrogen-bond acceptors (Lipinski definition) is 6. The number of carbonyl (C=O) groups is 2. The van der Waals surface area contributed by atoms with E-state index < -0.39 is 6.04 Å². The molecule has 2 aliphatic heterocycles. The molecule has 0 aromatic heterocycles. The molecule has 0 spiro atoms. The summed E-state index contributed by atoms with van der Waals surface area (Å²) in [5.74, 6) is 1.36. The lowest BCUT2D eigenvalue weighted by Gasteiger charge is -2.24. The molecule has 0 radical (unpaired) electrons. The van der Waals surface area contributed by atoms with Crippen LogP contribution in [0.1, 0.15) is 12.0 Å². The first-order valence-corrected chi connectivity index (χ1v) is 11.9. The molecule has 184 valence electrons. The number of amides is 2. The lowest BCUT2D eigenvalue weighted by atomic mass is 10.1. The minimum Gasteiger partial charge on any atom is -0.497 e. The van der Waals surface area contributed by atoms with Gasteiger partial charge in [0, 0.05) is 17.3 Å². The molecular formula is C26H22ClN3O5S. The molecule has 10 heteroatoms. The van der Waals surface area contributed by atoms with Crippen molar-refractivity contribution in [2.75, 3.05) is 24.1 Å². The van der Waals surface area contributed by atoms with Gasteiger partial charge in [0.25, 0.3) is 5.91 Å². The number of benzene rings is 3. The summed E-state index contributed by atoms with van der Waals surface area (Å²) in [6.45, 7) is 0.477. The van der Waals surface area contributed by atoms with Crippen molar-refractivity contribution >= 4 is 52.1 Å². The normalized spacial score (nSPS) is 16.4. The molecule has 36 heavy (non-hydrogen) atoms. The van der Waals surface area contributed by atoms with Crippen LogP contribution in [0.2, 0.25) is 5.02 Å². The maximum Gasteiger partial charge on any atom is 0.256 e. The van der Waals surface area contributed by atoms with E-state index in [1.165, 1.54) is 4.90 Å². The summed E-state index contributed by atoms with van der Waals surface area (Å²) in [5, 5.41) is 3.70. The molecule has 0 saturated carbocycles. The van der Waals surface area contributed by atoms with Gasteiger partial charge in [-0.3, -0.25) is 14.5 Å². The van der Waals surface area contributed by atoms with E-state index in [-0.39, 0.29) is 25.0 Å². The van der Waals surface area contributed by atoms with Gasteiger partial charge in [-0.1, -0.05) is 17.7 Å². The Balaban J connectivity index is 1.41. The highest BCUT2D eigenvalue weighted by Gasteiger charge is 2.44. The Morgan fingerprint density at radius 3 is 2.53 bits per heavy atom. The van der Waals surface area contributed by atoms with Gasteiger partial charge < -0.3 is 24.4 Å². The molecule has 3 aromatic carbocycles. The van der Waals surface area contributed by atoms with Crippen LogP contribution in [-0.2, 0) is 16.1 Å². The van der Waals surface area contributed by atoms with Crippen molar-refractivity contribution in [3.8, 4) is 17.2 Å². The SMILES string of the molecule is COc1ccc(N2C(=O)[C@H](CC(=O)Nc3ccc(Cl)cc3)N(Cc3ccc4c(c3)OCO4)C2=S)cc1. The predicted molar refractivity (Wildman–Crippen MR) is 140 cm³/mol. The Morgan fingerprint density at radius 2 is 1.81 bits per heavy atom. The van der Waals surface area contributed by atoms with Crippen molar-refractivity contribution in [1.29, 1.82) is 0 Å². The Morgan fingerprint density at radius 1 is 1.08 bits per heavy atom. The lowest BCUT2D eigenvalue weighted by molar-refractivity contribution is -0.124. The van der Waals surface area contributed by atoms with Crippen molar-refractivity contribution < 1.29 is 23.8 Å². The summed E-state index contributed by atoms with van der Waals surface area (Å²) in [6, 6.07) is 18.6. The van der Waals surface area contributed by atoms with Crippen molar-refractivity contribution in [2.45, 2.75) is 19.0 Å². The van der Waals surface area contributed by atoms with E-state index in [9.17, 15) is 9.59 Å². The topological polar surface area (TPSA) is 80.3 Å². The lowest BCUT2D eigenvalue weighted by Crippen LogP contribution is -2.37. The van der Waals surface area contributed by atoms with Crippen LogP contribution in [0, 0.1) is 0 Å². The Bertz CT molecular complexity index is 1320. The number of hydrogen-bond donors (Lipinski definition) is 1. The standard InChI is InChI=1S/C26H22ClN3O5S/c1-33-20-9-7-19(8-10-20)30-25(32)21(13-24(31)28-18-5-3-17(27)4-6-18)29(26(30)36)14-16-2-11-22-23(12-16)35-15-34-22/h2-12,21H,13-15H2,1H3,(H,28,31)/t21-/m0/s1. The Labute approximate surface area is 218 Å². The van der Waals surface area contributed by atoms with Crippen LogP contribution in [0.3, 0.4) is 0 Å². The van der Waals surface area contributed by atoms with Crippen LogP contribution < -0.4 is 24.4 Å². The van der Waals surface area contributed by atoms with Crippen LogP contribution in [-0.4, -0.2) is 41.8 Å². The molecule has 5 rings (SSSR count). The summed E-state index contributed by atoms with van der Waals surface area (Å²) in [5.41, 5.74) is 2.06. The number of anilines is 2. The molecule has 1 atom stereocenters. The average molecular weight is 524 g/mol. The second-order valence-electron chi connectivity index (χ2n) is 8.24. The minimum absolute atomic E-state index is 0.0845. The van der Waals surface area contributed by atoms with Crippen molar-refractivity contribution in [3.63, 3.8) is 0 Å². The highest BCUT2D eigenvalue weighted by molar-refractivity contribution is 7.80. The molecule has 0 bridgehead atoms. The number of ether oxygens (including phenoxy) is 3. The Hall–Kier alpha value is -3.82. The zero-order valence-electron chi connectivity index (χ0n) is 19.3. The van der Waals surface area contributed by atoms with Crippen LogP contribution in [0.5, 0.6) is 17.2 Å². The molecule has 3 aromatic rings.